The fourth-order valence-corrected chi connectivity index (χ4v) is 4.02. The fraction of sp³-hybridized carbons (Fsp3) is 0.684. The largest absolute Gasteiger partial charge is 0.357 e. The second-order valence-corrected chi connectivity index (χ2v) is 8.11. The molecule has 156 valence electrons. The van der Waals surface area contributed by atoms with Crippen LogP contribution in [0.5, 0.6) is 0 Å². The van der Waals surface area contributed by atoms with Crippen LogP contribution in [0.4, 0.5) is 0 Å². The van der Waals surface area contributed by atoms with E-state index in [9.17, 15) is 0 Å². The maximum Gasteiger partial charge on any atom is 0.194 e. The molecule has 0 aliphatic carbocycles. The Hall–Kier alpha value is -1.23. The molecule has 0 saturated heterocycles. The smallest absolute Gasteiger partial charge is 0.194 e. The minimum Gasteiger partial charge on any atom is -0.357 e. The van der Waals surface area contributed by atoms with E-state index in [4.69, 9.17) is 4.99 Å². The van der Waals surface area contributed by atoms with Crippen molar-refractivity contribution in [2.75, 3.05) is 20.1 Å². The molecule has 0 fully saturated rings. The lowest BCUT2D eigenvalue weighted by Crippen LogP contribution is -2.38. The third-order valence-corrected chi connectivity index (χ3v) is 5.59. The highest BCUT2D eigenvalue weighted by molar-refractivity contribution is 14.0. The first kappa shape index (κ1) is 23.1. The second-order valence-electron chi connectivity index (χ2n) is 7.05. The van der Waals surface area contributed by atoms with Gasteiger partial charge in [0, 0.05) is 44.9 Å². The van der Waals surface area contributed by atoms with E-state index in [0.29, 0.717) is 0 Å². The molecule has 28 heavy (non-hydrogen) atoms. The van der Waals surface area contributed by atoms with E-state index in [0.717, 1.165) is 73.8 Å². The van der Waals surface area contributed by atoms with Gasteiger partial charge >= 0.3 is 0 Å². The molecule has 3 rings (SSSR count). The standard InChI is InChI=1S/C19H31N7S.HI/c1-4-20-19(25(3)13-16-14-27-15(2)22-16)21-11-8-10-18-24-23-17-9-6-5-7-12-26(17)18;/h14H,4-13H2,1-3H3,(H,20,21);1H. The summed E-state index contributed by atoms with van der Waals surface area (Å²) in [7, 11) is 2.06. The molecule has 0 atom stereocenters. The molecule has 0 saturated carbocycles. The topological polar surface area (TPSA) is 71.2 Å². The number of thiazole rings is 1. The van der Waals surface area contributed by atoms with Crippen molar-refractivity contribution in [3.05, 3.63) is 27.7 Å². The molecule has 0 bridgehead atoms. The van der Waals surface area contributed by atoms with Crippen molar-refractivity contribution in [3.8, 4) is 0 Å². The van der Waals surface area contributed by atoms with Gasteiger partial charge in [0.15, 0.2) is 5.96 Å². The molecule has 1 aliphatic heterocycles. The molecule has 0 aromatic carbocycles. The van der Waals surface area contributed by atoms with Crippen LogP contribution in [0.3, 0.4) is 0 Å². The van der Waals surface area contributed by atoms with Gasteiger partial charge in [0.2, 0.25) is 0 Å². The molecule has 0 unspecified atom stereocenters. The van der Waals surface area contributed by atoms with Crippen molar-refractivity contribution in [1.82, 2.24) is 30.0 Å². The summed E-state index contributed by atoms with van der Waals surface area (Å²) in [6.07, 6.45) is 6.75. The number of aliphatic imine (C=N–C) groups is 1. The summed E-state index contributed by atoms with van der Waals surface area (Å²) in [6, 6.07) is 0. The molecular formula is C19H32IN7S. The summed E-state index contributed by atoms with van der Waals surface area (Å²) in [5, 5.41) is 15.4. The molecule has 0 radical (unpaired) electrons. The Morgan fingerprint density at radius 3 is 2.93 bits per heavy atom. The fourth-order valence-electron chi connectivity index (χ4n) is 3.42. The summed E-state index contributed by atoms with van der Waals surface area (Å²) in [4.78, 5) is 11.5. The number of aromatic nitrogens is 4. The number of halogens is 1. The predicted molar refractivity (Wildman–Crippen MR) is 126 cm³/mol. The molecule has 7 nitrogen and oxygen atoms in total. The van der Waals surface area contributed by atoms with Gasteiger partial charge in [-0.3, -0.25) is 4.99 Å². The molecule has 2 aromatic heterocycles. The van der Waals surface area contributed by atoms with Gasteiger partial charge in [-0.2, -0.15) is 0 Å². The number of hydrogen-bond donors (Lipinski definition) is 1. The highest BCUT2D eigenvalue weighted by Crippen LogP contribution is 2.15. The zero-order valence-corrected chi connectivity index (χ0v) is 20.3. The van der Waals surface area contributed by atoms with E-state index in [-0.39, 0.29) is 24.0 Å². The van der Waals surface area contributed by atoms with Crippen molar-refractivity contribution in [1.29, 1.82) is 0 Å². The van der Waals surface area contributed by atoms with Crippen molar-refractivity contribution < 1.29 is 0 Å². The van der Waals surface area contributed by atoms with Crippen LogP contribution in [0.1, 0.15) is 55.0 Å². The van der Waals surface area contributed by atoms with Gasteiger partial charge in [-0.05, 0) is 33.1 Å². The third kappa shape index (κ3) is 6.40. The first-order chi connectivity index (χ1) is 13.2. The number of fused-ring (bicyclic) bond motifs is 1. The summed E-state index contributed by atoms with van der Waals surface area (Å²) < 4.78 is 2.33. The highest BCUT2D eigenvalue weighted by Gasteiger charge is 2.14. The molecule has 2 aromatic rings. The zero-order valence-electron chi connectivity index (χ0n) is 17.1. The van der Waals surface area contributed by atoms with Gasteiger partial charge in [0.25, 0.3) is 0 Å². The van der Waals surface area contributed by atoms with Crippen LogP contribution >= 0.6 is 35.3 Å². The van der Waals surface area contributed by atoms with Gasteiger partial charge in [-0.15, -0.1) is 45.5 Å². The molecule has 9 heteroatoms. The lowest BCUT2D eigenvalue weighted by Gasteiger charge is -2.21. The molecule has 3 heterocycles. The summed E-state index contributed by atoms with van der Waals surface area (Å²) in [6.45, 7) is 7.62. The summed E-state index contributed by atoms with van der Waals surface area (Å²) in [5.74, 6) is 3.22. The van der Waals surface area contributed by atoms with Crippen LogP contribution in [0.15, 0.2) is 10.4 Å². The van der Waals surface area contributed by atoms with Crippen LogP contribution in [-0.2, 0) is 25.9 Å². The Labute approximate surface area is 189 Å². The van der Waals surface area contributed by atoms with Gasteiger partial charge in [0.05, 0.1) is 17.2 Å². The highest BCUT2D eigenvalue weighted by atomic mass is 127. The monoisotopic (exact) mass is 517 g/mol. The maximum atomic E-state index is 4.80. The quantitative estimate of drug-likeness (QED) is 0.264. The van der Waals surface area contributed by atoms with E-state index < -0.39 is 0 Å². The Bertz CT molecular complexity index is 755. The van der Waals surface area contributed by atoms with Crippen LogP contribution in [0.25, 0.3) is 0 Å². The Kier molecular flexibility index (Phi) is 9.63. The first-order valence-electron chi connectivity index (χ1n) is 9.98. The number of hydrogen-bond acceptors (Lipinski definition) is 5. The average molecular weight is 517 g/mol. The minimum atomic E-state index is 0. The second kappa shape index (κ2) is 11.7. The van der Waals surface area contributed by atoms with Gasteiger partial charge in [0.1, 0.15) is 11.6 Å². The number of aryl methyl sites for hydroxylation is 3. The zero-order chi connectivity index (χ0) is 19.1. The van der Waals surface area contributed by atoms with E-state index in [1.807, 2.05) is 6.92 Å². The molecule has 1 N–H and O–H groups in total. The summed E-state index contributed by atoms with van der Waals surface area (Å²) in [5.41, 5.74) is 1.09. The molecule has 1 aliphatic rings. The summed E-state index contributed by atoms with van der Waals surface area (Å²) >= 11 is 1.69. The van der Waals surface area contributed by atoms with Crippen molar-refractivity contribution in [2.45, 2.75) is 65.5 Å². The van der Waals surface area contributed by atoms with E-state index in [1.54, 1.807) is 11.3 Å². The number of rotatable bonds is 7. The van der Waals surface area contributed by atoms with Crippen LogP contribution in [-0.4, -0.2) is 50.7 Å². The van der Waals surface area contributed by atoms with Gasteiger partial charge < -0.3 is 14.8 Å². The molecule has 0 amide bonds. The Balaban J connectivity index is 0.00000280. The molecule has 0 spiro atoms. The maximum absolute atomic E-state index is 4.80. The van der Waals surface area contributed by atoms with E-state index >= 15 is 0 Å². The predicted octanol–water partition coefficient (Wildman–Crippen LogP) is 3.42. The lowest BCUT2D eigenvalue weighted by molar-refractivity contribution is 0.470. The average Bonchev–Trinajstić information content (AvgIpc) is 3.15. The van der Waals surface area contributed by atoms with Gasteiger partial charge in [-0.25, -0.2) is 4.98 Å². The Morgan fingerprint density at radius 2 is 2.18 bits per heavy atom. The van der Waals surface area contributed by atoms with Crippen molar-refractivity contribution >= 4 is 41.3 Å². The number of guanidine groups is 1. The van der Waals surface area contributed by atoms with Crippen LogP contribution in [0, 0.1) is 6.92 Å². The van der Waals surface area contributed by atoms with Crippen LogP contribution < -0.4 is 5.32 Å². The third-order valence-electron chi connectivity index (χ3n) is 4.77. The van der Waals surface area contributed by atoms with Crippen molar-refractivity contribution in [2.24, 2.45) is 4.99 Å². The van der Waals surface area contributed by atoms with Crippen molar-refractivity contribution in [3.63, 3.8) is 0 Å². The first-order valence-corrected chi connectivity index (χ1v) is 10.9. The van der Waals surface area contributed by atoms with Crippen LogP contribution in [0.2, 0.25) is 0 Å². The Morgan fingerprint density at radius 1 is 1.32 bits per heavy atom. The van der Waals surface area contributed by atoms with E-state index in [2.05, 4.69) is 49.3 Å². The minimum absolute atomic E-state index is 0. The normalized spacial score (nSPS) is 14.2. The molecular weight excluding hydrogens is 485 g/mol. The van der Waals surface area contributed by atoms with E-state index in [1.165, 1.54) is 19.3 Å². The lowest BCUT2D eigenvalue weighted by atomic mass is 10.2. The van der Waals surface area contributed by atoms with Gasteiger partial charge in [-0.1, -0.05) is 6.42 Å². The number of nitrogens with zero attached hydrogens (tertiary/aromatic N) is 6. The SMILES string of the molecule is CCNC(=NCCCc1nnc2n1CCCCC2)N(C)Cc1csc(C)n1.I. The number of nitrogens with one attached hydrogen (secondary N) is 1.